The van der Waals surface area contributed by atoms with E-state index in [2.05, 4.69) is 36.6 Å². The zero-order valence-electron chi connectivity index (χ0n) is 12.3. The molecule has 1 aliphatic carbocycles. The van der Waals surface area contributed by atoms with Gasteiger partial charge in [-0.25, -0.2) is 0 Å². The molecule has 19 heavy (non-hydrogen) atoms. The quantitative estimate of drug-likeness (QED) is 0.791. The highest BCUT2D eigenvalue weighted by atomic mass is 16.5. The Morgan fingerprint density at radius 1 is 1.21 bits per heavy atom. The molecule has 1 aromatic rings. The lowest BCUT2D eigenvalue weighted by molar-refractivity contribution is 0.151. The van der Waals surface area contributed by atoms with Crippen molar-refractivity contribution in [3.63, 3.8) is 0 Å². The first kappa shape index (κ1) is 14.2. The van der Waals surface area contributed by atoms with Crippen LogP contribution in [0.2, 0.25) is 0 Å². The molecule has 1 saturated carbocycles. The molecule has 0 aliphatic heterocycles. The molecule has 3 nitrogen and oxygen atoms in total. The Hall–Kier alpha value is -1.22. The zero-order valence-corrected chi connectivity index (χ0v) is 12.3. The summed E-state index contributed by atoms with van der Waals surface area (Å²) in [6.45, 7) is 6.23. The van der Waals surface area contributed by atoms with E-state index in [1.165, 1.54) is 19.3 Å². The van der Waals surface area contributed by atoms with Gasteiger partial charge in [0.2, 0.25) is 0 Å². The molecule has 3 heteroatoms. The number of anilines is 1. The molecule has 0 spiro atoms. The summed E-state index contributed by atoms with van der Waals surface area (Å²) >= 11 is 0. The van der Waals surface area contributed by atoms with Gasteiger partial charge in [-0.15, -0.1) is 0 Å². The summed E-state index contributed by atoms with van der Waals surface area (Å²) in [6.07, 6.45) is 4.19. The fourth-order valence-corrected chi connectivity index (χ4v) is 2.72. The van der Waals surface area contributed by atoms with Gasteiger partial charge in [-0.2, -0.15) is 0 Å². The van der Waals surface area contributed by atoms with Crippen LogP contribution in [0, 0.1) is 5.41 Å². The maximum atomic E-state index is 5.84. The maximum absolute atomic E-state index is 5.84. The van der Waals surface area contributed by atoms with Crippen molar-refractivity contribution in [1.82, 2.24) is 5.32 Å². The number of hydrogen-bond acceptors (Lipinski definition) is 3. The lowest BCUT2D eigenvalue weighted by atomic mass is 9.68. The Labute approximate surface area is 116 Å². The van der Waals surface area contributed by atoms with Gasteiger partial charge in [0.05, 0.1) is 11.8 Å². The molecule has 106 valence electrons. The summed E-state index contributed by atoms with van der Waals surface area (Å²) in [5, 5.41) is 6.90. The number of hydrogen-bond donors (Lipinski definition) is 2. The Morgan fingerprint density at radius 3 is 2.53 bits per heavy atom. The highest BCUT2D eigenvalue weighted by molar-refractivity contribution is 5.56. The third kappa shape index (κ3) is 3.63. The van der Waals surface area contributed by atoms with E-state index in [0.29, 0.717) is 5.41 Å². The molecule has 1 aliphatic rings. The van der Waals surface area contributed by atoms with Gasteiger partial charge >= 0.3 is 0 Å². The van der Waals surface area contributed by atoms with Crippen LogP contribution >= 0.6 is 0 Å². The molecular formula is C16H26N2O. The first-order chi connectivity index (χ1) is 9.15. The van der Waals surface area contributed by atoms with Crippen LogP contribution in [0.1, 0.15) is 33.1 Å². The Balaban J connectivity index is 1.98. The van der Waals surface area contributed by atoms with E-state index in [1.54, 1.807) is 0 Å². The highest BCUT2D eigenvalue weighted by Crippen LogP contribution is 2.40. The van der Waals surface area contributed by atoms with Gasteiger partial charge in [0.25, 0.3) is 0 Å². The lowest BCUT2D eigenvalue weighted by Crippen LogP contribution is -2.44. The maximum Gasteiger partial charge on any atom is 0.142 e. The molecule has 0 aromatic heterocycles. The summed E-state index contributed by atoms with van der Waals surface area (Å²) in [7, 11) is 2.04. The van der Waals surface area contributed by atoms with Crippen LogP contribution < -0.4 is 15.4 Å². The minimum Gasteiger partial charge on any atom is -0.489 e. The van der Waals surface area contributed by atoms with E-state index in [-0.39, 0.29) is 6.10 Å². The van der Waals surface area contributed by atoms with Gasteiger partial charge < -0.3 is 15.4 Å². The summed E-state index contributed by atoms with van der Waals surface area (Å²) < 4.78 is 5.84. The van der Waals surface area contributed by atoms with Crippen LogP contribution in [0.4, 0.5) is 5.69 Å². The van der Waals surface area contributed by atoms with Gasteiger partial charge in [-0.1, -0.05) is 18.6 Å². The molecule has 1 fully saturated rings. The minimum atomic E-state index is 0.206. The van der Waals surface area contributed by atoms with E-state index in [0.717, 1.165) is 24.5 Å². The van der Waals surface area contributed by atoms with E-state index >= 15 is 0 Å². The fraction of sp³-hybridized carbons (Fsp3) is 0.625. The van der Waals surface area contributed by atoms with Crippen molar-refractivity contribution in [3.8, 4) is 5.75 Å². The molecule has 0 saturated heterocycles. The van der Waals surface area contributed by atoms with Crippen molar-refractivity contribution < 1.29 is 4.74 Å². The number of nitrogens with one attached hydrogen (secondary N) is 2. The Morgan fingerprint density at radius 2 is 1.95 bits per heavy atom. The average Bonchev–Trinajstić information content (AvgIpc) is 2.33. The number of rotatable bonds is 7. The number of benzene rings is 1. The molecular weight excluding hydrogens is 236 g/mol. The van der Waals surface area contributed by atoms with Crippen LogP contribution in [0.15, 0.2) is 24.3 Å². The molecule has 0 unspecified atom stereocenters. The standard InChI is InChI=1S/C16H26N2O/c1-13(2)19-15-8-5-4-7-14(15)18-12-16(11-17-3)9-6-10-16/h4-5,7-8,13,17-18H,6,9-12H2,1-3H3. The summed E-state index contributed by atoms with van der Waals surface area (Å²) in [4.78, 5) is 0. The second-order valence-corrected chi connectivity index (χ2v) is 5.90. The minimum absolute atomic E-state index is 0.206. The molecule has 1 aromatic carbocycles. The van der Waals surface area contributed by atoms with Crippen LogP contribution in [-0.4, -0.2) is 26.2 Å². The normalized spacial score (nSPS) is 17.1. The van der Waals surface area contributed by atoms with Crippen molar-refractivity contribution >= 4 is 5.69 Å². The SMILES string of the molecule is CNCC1(CNc2ccccc2OC(C)C)CCC1. The van der Waals surface area contributed by atoms with Crippen LogP contribution in [0.5, 0.6) is 5.75 Å². The van der Waals surface area contributed by atoms with E-state index < -0.39 is 0 Å². The molecule has 2 N–H and O–H groups in total. The first-order valence-corrected chi connectivity index (χ1v) is 7.29. The predicted molar refractivity (Wildman–Crippen MR) is 80.9 cm³/mol. The van der Waals surface area contributed by atoms with Crippen molar-refractivity contribution in [2.45, 2.75) is 39.2 Å². The predicted octanol–water partition coefficient (Wildman–Crippen LogP) is 3.28. The van der Waals surface area contributed by atoms with Gasteiger partial charge in [0.1, 0.15) is 5.75 Å². The van der Waals surface area contributed by atoms with Crippen LogP contribution in [-0.2, 0) is 0 Å². The zero-order chi connectivity index (χ0) is 13.7. The summed E-state index contributed by atoms with van der Waals surface area (Å²) in [5.74, 6) is 0.955. The van der Waals surface area contributed by atoms with Gasteiger partial charge in [-0.05, 0) is 45.9 Å². The average molecular weight is 262 g/mol. The third-order valence-electron chi connectivity index (χ3n) is 3.87. The topological polar surface area (TPSA) is 33.3 Å². The largest absolute Gasteiger partial charge is 0.489 e. The molecule has 0 atom stereocenters. The summed E-state index contributed by atoms with van der Waals surface area (Å²) in [6, 6.07) is 8.22. The van der Waals surface area contributed by atoms with E-state index in [1.807, 2.05) is 19.2 Å². The Bertz CT molecular complexity index is 399. The van der Waals surface area contributed by atoms with Crippen LogP contribution in [0.3, 0.4) is 0 Å². The van der Waals surface area contributed by atoms with Crippen LogP contribution in [0.25, 0.3) is 0 Å². The van der Waals surface area contributed by atoms with Gasteiger partial charge in [0, 0.05) is 18.5 Å². The second-order valence-electron chi connectivity index (χ2n) is 5.90. The van der Waals surface area contributed by atoms with Crippen molar-refractivity contribution in [2.24, 2.45) is 5.41 Å². The third-order valence-corrected chi connectivity index (χ3v) is 3.87. The number of ether oxygens (including phenoxy) is 1. The first-order valence-electron chi connectivity index (χ1n) is 7.29. The fourth-order valence-electron chi connectivity index (χ4n) is 2.72. The van der Waals surface area contributed by atoms with Crippen molar-refractivity contribution in [1.29, 1.82) is 0 Å². The lowest BCUT2D eigenvalue weighted by Gasteiger charge is -2.42. The van der Waals surface area contributed by atoms with Gasteiger partial charge in [-0.3, -0.25) is 0 Å². The second kappa shape index (κ2) is 6.29. The summed E-state index contributed by atoms with van der Waals surface area (Å²) in [5.41, 5.74) is 1.54. The van der Waals surface area contributed by atoms with E-state index in [4.69, 9.17) is 4.74 Å². The molecule has 2 rings (SSSR count). The Kier molecular flexibility index (Phi) is 4.70. The molecule has 0 amide bonds. The molecule has 0 heterocycles. The molecule has 0 radical (unpaired) electrons. The van der Waals surface area contributed by atoms with Gasteiger partial charge in [0.15, 0.2) is 0 Å². The van der Waals surface area contributed by atoms with Crippen molar-refractivity contribution in [2.75, 3.05) is 25.5 Å². The number of para-hydroxylation sites is 2. The highest BCUT2D eigenvalue weighted by Gasteiger charge is 2.36. The van der Waals surface area contributed by atoms with E-state index in [9.17, 15) is 0 Å². The monoisotopic (exact) mass is 262 g/mol. The van der Waals surface area contributed by atoms with Crippen molar-refractivity contribution in [3.05, 3.63) is 24.3 Å². The smallest absolute Gasteiger partial charge is 0.142 e. The molecule has 0 bridgehead atoms.